The van der Waals surface area contributed by atoms with Gasteiger partial charge in [-0.05, 0) is 36.5 Å². The van der Waals surface area contributed by atoms with Crippen LogP contribution in [0, 0.1) is 11.8 Å². The number of anilines is 2. The summed E-state index contributed by atoms with van der Waals surface area (Å²) in [5.74, 6) is 0.472. The summed E-state index contributed by atoms with van der Waals surface area (Å²) in [6.45, 7) is 6.63. The summed E-state index contributed by atoms with van der Waals surface area (Å²) >= 11 is 0. The van der Waals surface area contributed by atoms with Crippen molar-refractivity contribution in [2.75, 3.05) is 23.3 Å². The Morgan fingerprint density at radius 3 is 2.74 bits per heavy atom. The number of nitrogens with zero attached hydrogens (tertiary/aromatic N) is 1. The van der Waals surface area contributed by atoms with E-state index in [4.69, 9.17) is 0 Å². The van der Waals surface area contributed by atoms with E-state index in [1.165, 1.54) is 6.42 Å². The van der Waals surface area contributed by atoms with Crippen LogP contribution < -0.4 is 10.2 Å². The number of piperidine rings is 1. The fourth-order valence-electron chi connectivity index (χ4n) is 2.83. The van der Waals surface area contributed by atoms with Crippen LogP contribution in [0.15, 0.2) is 18.2 Å². The van der Waals surface area contributed by atoms with Gasteiger partial charge in [-0.3, -0.25) is 9.59 Å². The molecule has 1 saturated heterocycles. The first-order valence-electron chi connectivity index (χ1n) is 6.81. The van der Waals surface area contributed by atoms with Gasteiger partial charge in [-0.15, -0.1) is 0 Å². The number of amides is 1. The third kappa shape index (κ3) is 2.01. The van der Waals surface area contributed by atoms with Crippen LogP contribution >= 0.6 is 0 Å². The highest BCUT2D eigenvalue weighted by atomic mass is 16.2. The van der Waals surface area contributed by atoms with Gasteiger partial charge in [-0.1, -0.05) is 13.8 Å². The summed E-state index contributed by atoms with van der Waals surface area (Å²) in [5, 5.41) is 2.63. The number of nitrogens with one attached hydrogen (secondary N) is 1. The van der Waals surface area contributed by atoms with Gasteiger partial charge >= 0.3 is 0 Å². The van der Waals surface area contributed by atoms with Gasteiger partial charge in [0.2, 0.25) is 0 Å². The lowest BCUT2D eigenvalue weighted by Crippen LogP contribution is -2.38. The molecule has 0 aliphatic carbocycles. The number of carbonyl (C=O) groups excluding carboxylic acids is 2. The Kier molecular flexibility index (Phi) is 2.81. The van der Waals surface area contributed by atoms with Crippen molar-refractivity contribution in [3.05, 3.63) is 23.8 Å². The third-order valence-electron chi connectivity index (χ3n) is 4.40. The molecule has 0 saturated carbocycles. The standard InChI is InChI=1S/C15H18N2O2/c1-9-5-6-17(8-10(9)2)11-3-4-12-13(7-11)16-15(19)14(12)18/h3-4,7,9-10H,5-6,8H2,1-2H3,(H,16,18,19). The van der Waals surface area contributed by atoms with Crippen LogP contribution in [0.25, 0.3) is 0 Å². The molecule has 2 aliphatic rings. The molecule has 0 bridgehead atoms. The topological polar surface area (TPSA) is 49.4 Å². The highest BCUT2D eigenvalue weighted by Gasteiger charge is 2.29. The van der Waals surface area contributed by atoms with Crippen LogP contribution in [0.5, 0.6) is 0 Å². The molecule has 0 spiro atoms. The molecule has 2 heterocycles. The van der Waals surface area contributed by atoms with Crippen LogP contribution in [0.4, 0.5) is 11.4 Å². The van der Waals surface area contributed by atoms with Gasteiger partial charge in [0.1, 0.15) is 0 Å². The van der Waals surface area contributed by atoms with Crippen molar-refractivity contribution in [2.45, 2.75) is 20.3 Å². The molecule has 3 rings (SSSR count). The zero-order valence-corrected chi connectivity index (χ0v) is 11.3. The molecule has 4 heteroatoms. The van der Waals surface area contributed by atoms with Crippen LogP contribution in [-0.4, -0.2) is 24.8 Å². The number of hydrogen-bond donors (Lipinski definition) is 1. The van der Waals surface area contributed by atoms with Gasteiger partial charge < -0.3 is 10.2 Å². The van der Waals surface area contributed by atoms with Crippen molar-refractivity contribution in [2.24, 2.45) is 11.8 Å². The van der Waals surface area contributed by atoms with Crippen molar-refractivity contribution in [3.63, 3.8) is 0 Å². The first kappa shape index (κ1) is 12.2. The molecule has 100 valence electrons. The normalized spacial score (nSPS) is 26.3. The Labute approximate surface area is 112 Å². The third-order valence-corrected chi connectivity index (χ3v) is 4.40. The van der Waals surface area contributed by atoms with Crippen molar-refractivity contribution in [3.8, 4) is 0 Å². The molecule has 1 amide bonds. The van der Waals surface area contributed by atoms with Gasteiger partial charge in [0.15, 0.2) is 0 Å². The lowest BCUT2D eigenvalue weighted by Gasteiger charge is -2.37. The van der Waals surface area contributed by atoms with Gasteiger partial charge in [0.25, 0.3) is 11.7 Å². The summed E-state index contributed by atoms with van der Waals surface area (Å²) in [7, 11) is 0. The molecular weight excluding hydrogens is 240 g/mol. The number of ketones is 1. The minimum Gasteiger partial charge on any atom is -0.371 e. The number of benzene rings is 1. The Bertz CT molecular complexity index is 553. The predicted molar refractivity (Wildman–Crippen MR) is 74.6 cm³/mol. The van der Waals surface area contributed by atoms with E-state index in [1.54, 1.807) is 6.07 Å². The number of Topliss-reactive ketones (excluding diaryl/α,β-unsaturated/α-hetero) is 1. The summed E-state index contributed by atoms with van der Waals surface area (Å²) in [6, 6.07) is 5.62. The van der Waals surface area contributed by atoms with E-state index in [2.05, 4.69) is 24.1 Å². The summed E-state index contributed by atoms with van der Waals surface area (Å²) in [4.78, 5) is 25.2. The summed E-state index contributed by atoms with van der Waals surface area (Å²) in [5.41, 5.74) is 2.23. The molecular formula is C15H18N2O2. The maximum absolute atomic E-state index is 11.6. The molecule has 2 unspecified atom stereocenters. The van der Waals surface area contributed by atoms with E-state index in [-0.39, 0.29) is 0 Å². The van der Waals surface area contributed by atoms with Crippen molar-refractivity contribution in [1.82, 2.24) is 0 Å². The summed E-state index contributed by atoms with van der Waals surface area (Å²) < 4.78 is 0. The largest absolute Gasteiger partial charge is 0.371 e. The molecule has 4 nitrogen and oxygen atoms in total. The van der Waals surface area contributed by atoms with Crippen LogP contribution in [0.1, 0.15) is 30.6 Å². The molecule has 0 radical (unpaired) electrons. The quantitative estimate of drug-likeness (QED) is 0.786. The zero-order valence-electron chi connectivity index (χ0n) is 11.3. The van der Waals surface area contributed by atoms with E-state index in [9.17, 15) is 9.59 Å². The van der Waals surface area contributed by atoms with Crippen molar-refractivity contribution in [1.29, 1.82) is 0 Å². The van der Waals surface area contributed by atoms with Crippen LogP contribution in [0.3, 0.4) is 0 Å². The molecule has 1 fully saturated rings. The lowest BCUT2D eigenvalue weighted by atomic mass is 9.88. The minimum atomic E-state index is -0.521. The number of hydrogen-bond acceptors (Lipinski definition) is 3. The SMILES string of the molecule is CC1CCN(c2ccc3c(c2)NC(=O)C3=O)CC1C. The maximum atomic E-state index is 11.6. The van der Waals surface area contributed by atoms with E-state index >= 15 is 0 Å². The Morgan fingerprint density at radius 2 is 2.00 bits per heavy atom. The fraction of sp³-hybridized carbons (Fsp3) is 0.467. The van der Waals surface area contributed by atoms with E-state index in [0.717, 1.165) is 24.7 Å². The minimum absolute atomic E-state index is 0.429. The zero-order chi connectivity index (χ0) is 13.6. The summed E-state index contributed by atoms with van der Waals surface area (Å²) in [6.07, 6.45) is 1.18. The molecule has 0 aromatic heterocycles. The highest BCUT2D eigenvalue weighted by molar-refractivity contribution is 6.51. The van der Waals surface area contributed by atoms with Crippen molar-refractivity contribution >= 4 is 23.1 Å². The first-order chi connectivity index (χ1) is 9.06. The number of carbonyl (C=O) groups is 2. The Morgan fingerprint density at radius 1 is 1.21 bits per heavy atom. The highest BCUT2D eigenvalue weighted by Crippen LogP contribution is 2.31. The number of fused-ring (bicyclic) bond motifs is 1. The second-order valence-electron chi connectivity index (χ2n) is 5.70. The fourth-order valence-corrected chi connectivity index (χ4v) is 2.83. The molecule has 2 aliphatic heterocycles. The Hall–Kier alpha value is -1.84. The van der Waals surface area contributed by atoms with Gasteiger partial charge in [-0.25, -0.2) is 0 Å². The second-order valence-corrected chi connectivity index (χ2v) is 5.70. The monoisotopic (exact) mass is 258 g/mol. The van der Waals surface area contributed by atoms with Gasteiger partial charge in [-0.2, -0.15) is 0 Å². The molecule has 1 aromatic rings. The maximum Gasteiger partial charge on any atom is 0.296 e. The van der Waals surface area contributed by atoms with Crippen LogP contribution in [0.2, 0.25) is 0 Å². The van der Waals surface area contributed by atoms with Gasteiger partial charge in [0.05, 0.1) is 11.3 Å². The smallest absolute Gasteiger partial charge is 0.296 e. The molecule has 19 heavy (non-hydrogen) atoms. The van der Waals surface area contributed by atoms with E-state index in [0.29, 0.717) is 17.2 Å². The second kappa shape index (κ2) is 4.37. The van der Waals surface area contributed by atoms with Crippen molar-refractivity contribution < 1.29 is 9.59 Å². The van der Waals surface area contributed by atoms with Gasteiger partial charge in [0, 0.05) is 18.8 Å². The van der Waals surface area contributed by atoms with Crippen LogP contribution in [-0.2, 0) is 4.79 Å². The number of rotatable bonds is 1. The van der Waals surface area contributed by atoms with E-state index in [1.807, 2.05) is 12.1 Å². The lowest BCUT2D eigenvalue weighted by molar-refractivity contribution is -0.112. The average Bonchev–Trinajstić information content (AvgIpc) is 2.68. The molecule has 1 aromatic carbocycles. The van der Waals surface area contributed by atoms with E-state index < -0.39 is 11.7 Å². The first-order valence-corrected chi connectivity index (χ1v) is 6.81. The molecule has 1 N–H and O–H groups in total. The average molecular weight is 258 g/mol. The molecule has 2 atom stereocenters. The predicted octanol–water partition coefficient (Wildman–Crippen LogP) is 2.30. The Balaban J connectivity index is 1.86.